The Balaban J connectivity index is 1.99. The zero-order valence-corrected chi connectivity index (χ0v) is 9.52. The van der Waals surface area contributed by atoms with Gasteiger partial charge in [-0.2, -0.15) is 0 Å². The van der Waals surface area contributed by atoms with Gasteiger partial charge in [-0.1, -0.05) is 50.1 Å². The van der Waals surface area contributed by atoms with Crippen LogP contribution < -0.4 is 5.73 Å². The summed E-state index contributed by atoms with van der Waals surface area (Å²) in [5.41, 5.74) is 7.62. The van der Waals surface area contributed by atoms with Crippen LogP contribution in [0.2, 0.25) is 0 Å². The van der Waals surface area contributed by atoms with Gasteiger partial charge < -0.3 is 5.73 Å². The van der Waals surface area contributed by atoms with Crippen LogP contribution in [0.3, 0.4) is 0 Å². The third kappa shape index (κ3) is 2.60. The molecule has 2 N–H and O–H groups in total. The highest BCUT2D eigenvalue weighted by Crippen LogP contribution is 2.35. The number of rotatable bonds is 2. The minimum absolute atomic E-state index is 0.249. The molecule has 0 heterocycles. The summed E-state index contributed by atoms with van der Waals surface area (Å²) in [6.45, 7) is 2.35. The Bertz CT molecular complexity index is 285. The van der Waals surface area contributed by atoms with Crippen LogP contribution in [0.25, 0.3) is 0 Å². The van der Waals surface area contributed by atoms with E-state index in [0.717, 1.165) is 5.92 Å². The average Bonchev–Trinajstić information content (AvgIpc) is 2.30. The van der Waals surface area contributed by atoms with Gasteiger partial charge in [-0.25, -0.2) is 0 Å². The van der Waals surface area contributed by atoms with E-state index in [1.54, 1.807) is 0 Å². The van der Waals surface area contributed by atoms with Gasteiger partial charge in [-0.05, 0) is 30.2 Å². The Morgan fingerprint density at radius 1 is 1.07 bits per heavy atom. The summed E-state index contributed by atoms with van der Waals surface area (Å²) in [6.07, 6.45) is 5.31. The summed E-state index contributed by atoms with van der Waals surface area (Å²) in [4.78, 5) is 0. The van der Waals surface area contributed by atoms with Gasteiger partial charge in [0, 0.05) is 6.04 Å². The van der Waals surface area contributed by atoms with Crippen molar-refractivity contribution in [3.05, 3.63) is 35.9 Å². The zero-order chi connectivity index (χ0) is 10.7. The van der Waals surface area contributed by atoms with Crippen LogP contribution in [-0.4, -0.2) is 0 Å². The normalized spacial score (nSPS) is 28.7. The predicted octanol–water partition coefficient (Wildman–Crippen LogP) is 3.51. The summed E-state index contributed by atoms with van der Waals surface area (Å²) in [6, 6.07) is 10.8. The van der Waals surface area contributed by atoms with Crippen molar-refractivity contribution in [2.24, 2.45) is 17.6 Å². The summed E-state index contributed by atoms with van der Waals surface area (Å²) in [5, 5.41) is 0. The van der Waals surface area contributed by atoms with E-state index in [-0.39, 0.29) is 6.04 Å². The van der Waals surface area contributed by atoms with Crippen molar-refractivity contribution in [1.82, 2.24) is 0 Å². The Morgan fingerprint density at radius 3 is 2.27 bits per heavy atom. The van der Waals surface area contributed by atoms with Gasteiger partial charge >= 0.3 is 0 Å². The summed E-state index contributed by atoms with van der Waals surface area (Å²) >= 11 is 0. The minimum Gasteiger partial charge on any atom is -0.324 e. The van der Waals surface area contributed by atoms with Gasteiger partial charge in [0.2, 0.25) is 0 Å². The molecule has 0 spiro atoms. The largest absolute Gasteiger partial charge is 0.324 e. The van der Waals surface area contributed by atoms with E-state index in [1.165, 1.54) is 31.2 Å². The van der Waals surface area contributed by atoms with Crippen LogP contribution in [-0.2, 0) is 0 Å². The number of benzene rings is 1. The molecule has 0 unspecified atom stereocenters. The smallest absolute Gasteiger partial charge is 0.0323 e. The fourth-order valence-electron chi connectivity index (χ4n) is 2.59. The molecular formula is C14H21N. The molecule has 0 aliphatic heterocycles. The van der Waals surface area contributed by atoms with E-state index >= 15 is 0 Å². The second-order valence-electron chi connectivity index (χ2n) is 4.96. The summed E-state index contributed by atoms with van der Waals surface area (Å²) < 4.78 is 0. The fraction of sp³-hybridized carbons (Fsp3) is 0.571. The molecule has 0 bridgehead atoms. The molecule has 0 amide bonds. The molecule has 1 nitrogen and oxygen atoms in total. The molecule has 1 aliphatic carbocycles. The molecule has 1 heteroatoms. The first kappa shape index (κ1) is 10.7. The second-order valence-corrected chi connectivity index (χ2v) is 4.96. The molecule has 0 radical (unpaired) electrons. The lowest BCUT2D eigenvalue weighted by Crippen LogP contribution is -2.25. The molecule has 0 saturated heterocycles. The van der Waals surface area contributed by atoms with Crippen molar-refractivity contribution in [2.75, 3.05) is 0 Å². The van der Waals surface area contributed by atoms with Crippen LogP contribution in [0.1, 0.15) is 44.2 Å². The first-order valence-corrected chi connectivity index (χ1v) is 6.08. The minimum atomic E-state index is 0.249. The van der Waals surface area contributed by atoms with Gasteiger partial charge in [0.25, 0.3) is 0 Å². The van der Waals surface area contributed by atoms with Crippen LogP contribution in [0.4, 0.5) is 0 Å². The highest BCUT2D eigenvalue weighted by molar-refractivity contribution is 5.19. The van der Waals surface area contributed by atoms with Crippen molar-refractivity contribution in [1.29, 1.82) is 0 Å². The number of nitrogens with two attached hydrogens (primary N) is 1. The lowest BCUT2D eigenvalue weighted by atomic mass is 9.78. The molecule has 1 atom stereocenters. The third-order valence-corrected chi connectivity index (χ3v) is 3.75. The molecule has 1 aromatic carbocycles. The molecule has 15 heavy (non-hydrogen) atoms. The maximum Gasteiger partial charge on any atom is 0.0323 e. The summed E-state index contributed by atoms with van der Waals surface area (Å²) in [7, 11) is 0. The Hall–Kier alpha value is -0.820. The van der Waals surface area contributed by atoms with Crippen molar-refractivity contribution >= 4 is 0 Å². The monoisotopic (exact) mass is 203 g/mol. The molecule has 2 rings (SSSR count). The molecule has 0 aromatic heterocycles. The van der Waals surface area contributed by atoms with Crippen molar-refractivity contribution in [2.45, 2.75) is 38.6 Å². The predicted molar refractivity (Wildman–Crippen MR) is 64.5 cm³/mol. The van der Waals surface area contributed by atoms with Gasteiger partial charge in [0.1, 0.15) is 0 Å². The molecule has 1 fully saturated rings. The number of hydrogen-bond donors (Lipinski definition) is 1. The summed E-state index contributed by atoms with van der Waals surface area (Å²) in [5.74, 6) is 1.60. The lowest BCUT2D eigenvalue weighted by molar-refractivity contribution is 0.256. The highest BCUT2D eigenvalue weighted by atomic mass is 14.7. The van der Waals surface area contributed by atoms with E-state index in [9.17, 15) is 0 Å². The molecule has 1 aromatic rings. The van der Waals surface area contributed by atoms with E-state index in [0.29, 0.717) is 5.92 Å². The zero-order valence-electron chi connectivity index (χ0n) is 9.52. The van der Waals surface area contributed by atoms with Crippen molar-refractivity contribution < 1.29 is 0 Å². The molecule has 82 valence electrons. The van der Waals surface area contributed by atoms with Gasteiger partial charge in [0.05, 0.1) is 0 Å². The topological polar surface area (TPSA) is 26.0 Å². The number of hydrogen-bond acceptors (Lipinski definition) is 1. The maximum atomic E-state index is 6.32. The maximum absolute atomic E-state index is 6.32. The van der Waals surface area contributed by atoms with Crippen LogP contribution >= 0.6 is 0 Å². The Labute approximate surface area is 92.7 Å². The highest BCUT2D eigenvalue weighted by Gasteiger charge is 2.24. The molecule has 1 aliphatic rings. The molecule has 1 saturated carbocycles. The van der Waals surface area contributed by atoms with Crippen LogP contribution in [0.15, 0.2) is 30.3 Å². The van der Waals surface area contributed by atoms with E-state index < -0.39 is 0 Å². The quantitative estimate of drug-likeness (QED) is 0.782. The van der Waals surface area contributed by atoms with Crippen molar-refractivity contribution in [3.8, 4) is 0 Å². The standard InChI is InChI=1S/C14H21N/c1-11-7-9-13(10-8-11)14(15)12-5-3-2-4-6-12/h2-6,11,13-14H,7-10,15H2,1H3/t11?,13?,14-/m0/s1. The van der Waals surface area contributed by atoms with Crippen LogP contribution in [0.5, 0.6) is 0 Å². The van der Waals surface area contributed by atoms with Gasteiger partial charge in [0.15, 0.2) is 0 Å². The first-order chi connectivity index (χ1) is 7.27. The molecular weight excluding hydrogens is 182 g/mol. The SMILES string of the molecule is CC1CCC([C@@H](N)c2ccccc2)CC1. The first-order valence-electron chi connectivity index (χ1n) is 6.08. The Morgan fingerprint density at radius 2 is 1.67 bits per heavy atom. The van der Waals surface area contributed by atoms with Gasteiger partial charge in [-0.3, -0.25) is 0 Å². The van der Waals surface area contributed by atoms with Crippen LogP contribution in [0, 0.1) is 11.8 Å². The lowest BCUT2D eigenvalue weighted by Gasteiger charge is -2.30. The second kappa shape index (κ2) is 4.80. The van der Waals surface area contributed by atoms with E-state index in [4.69, 9.17) is 5.73 Å². The van der Waals surface area contributed by atoms with E-state index in [2.05, 4.69) is 37.3 Å². The Kier molecular flexibility index (Phi) is 3.42. The average molecular weight is 203 g/mol. The van der Waals surface area contributed by atoms with E-state index in [1.807, 2.05) is 0 Å². The third-order valence-electron chi connectivity index (χ3n) is 3.75. The fourth-order valence-corrected chi connectivity index (χ4v) is 2.59. The van der Waals surface area contributed by atoms with Crippen molar-refractivity contribution in [3.63, 3.8) is 0 Å². The van der Waals surface area contributed by atoms with Gasteiger partial charge in [-0.15, -0.1) is 0 Å².